The summed E-state index contributed by atoms with van der Waals surface area (Å²) in [5.41, 5.74) is 5.37. The topological polar surface area (TPSA) is 107 Å². The van der Waals surface area contributed by atoms with E-state index in [0.29, 0.717) is 5.69 Å². The van der Waals surface area contributed by atoms with Gasteiger partial charge in [-0.25, -0.2) is 0 Å². The van der Waals surface area contributed by atoms with Gasteiger partial charge in [-0.15, -0.1) is 0 Å². The number of rotatable bonds is 4. The van der Waals surface area contributed by atoms with Crippen LogP contribution in [0.25, 0.3) is 0 Å². The summed E-state index contributed by atoms with van der Waals surface area (Å²) < 4.78 is 4.92. The number of nitro benzene ring substituents is 1. The molecule has 0 spiro atoms. The Labute approximate surface area is 91.3 Å². The Morgan fingerprint density at radius 3 is 2.81 bits per heavy atom. The number of carbonyl (C=O) groups excluding carboxylic acids is 1. The van der Waals surface area contributed by atoms with E-state index in [-0.39, 0.29) is 18.0 Å². The highest BCUT2D eigenvalue weighted by Gasteiger charge is 2.12. The average Bonchev–Trinajstić information content (AvgIpc) is 2.29. The number of nitrogens with one attached hydrogen (secondary N) is 1. The molecule has 1 aromatic rings. The molecule has 0 radical (unpaired) electrons. The molecular weight excluding hydrogens is 214 g/mol. The lowest BCUT2D eigenvalue weighted by Gasteiger charge is -2.08. The third-order valence-electron chi connectivity index (χ3n) is 1.86. The van der Waals surface area contributed by atoms with Gasteiger partial charge in [-0.2, -0.15) is 0 Å². The van der Waals surface area contributed by atoms with E-state index in [1.165, 1.54) is 25.3 Å². The van der Waals surface area contributed by atoms with E-state index in [0.717, 1.165) is 0 Å². The molecule has 0 aromatic heterocycles. The molecule has 7 heteroatoms. The molecule has 86 valence electrons. The summed E-state index contributed by atoms with van der Waals surface area (Å²) in [6, 6.07) is 3.89. The van der Waals surface area contributed by atoms with Crippen LogP contribution >= 0.6 is 0 Å². The second kappa shape index (κ2) is 5.08. The first-order valence-electron chi connectivity index (χ1n) is 4.41. The third-order valence-corrected chi connectivity index (χ3v) is 1.86. The summed E-state index contributed by atoms with van der Waals surface area (Å²) in [5.74, 6) is -0.178. The van der Waals surface area contributed by atoms with Crippen LogP contribution in [0.3, 0.4) is 0 Å². The molecule has 0 aliphatic heterocycles. The predicted molar refractivity (Wildman–Crippen MR) is 57.3 cm³/mol. The molecule has 1 amide bonds. The van der Waals surface area contributed by atoms with E-state index >= 15 is 0 Å². The van der Waals surface area contributed by atoms with Crippen molar-refractivity contribution in [2.45, 2.75) is 0 Å². The van der Waals surface area contributed by atoms with Gasteiger partial charge in [0.1, 0.15) is 5.75 Å². The highest BCUT2D eigenvalue weighted by Crippen LogP contribution is 2.28. The van der Waals surface area contributed by atoms with Gasteiger partial charge in [0.05, 0.1) is 30.3 Å². The fourth-order valence-electron chi connectivity index (χ4n) is 1.10. The molecule has 3 N–H and O–H groups in total. The number of nitrogens with zero attached hydrogens (tertiary/aromatic N) is 1. The molecule has 0 saturated carbocycles. The van der Waals surface area contributed by atoms with E-state index in [2.05, 4.69) is 5.32 Å². The maximum Gasteiger partial charge on any atom is 0.273 e. The Hall–Kier alpha value is -2.15. The molecule has 0 saturated heterocycles. The fourth-order valence-corrected chi connectivity index (χ4v) is 1.10. The van der Waals surface area contributed by atoms with Crippen molar-refractivity contribution in [2.75, 3.05) is 19.0 Å². The zero-order valence-electron chi connectivity index (χ0n) is 8.60. The van der Waals surface area contributed by atoms with Gasteiger partial charge in [-0.3, -0.25) is 14.9 Å². The molecule has 0 unspecified atom stereocenters. The van der Waals surface area contributed by atoms with Crippen molar-refractivity contribution in [3.05, 3.63) is 28.3 Å². The van der Waals surface area contributed by atoms with Gasteiger partial charge in [-0.1, -0.05) is 0 Å². The van der Waals surface area contributed by atoms with Crippen LogP contribution in [0.5, 0.6) is 5.75 Å². The molecule has 1 rings (SSSR count). The van der Waals surface area contributed by atoms with Crippen LogP contribution in [0.4, 0.5) is 11.4 Å². The van der Waals surface area contributed by atoms with Crippen LogP contribution < -0.4 is 15.8 Å². The number of ether oxygens (including phenoxy) is 1. The maximum absolute atomic E-state index is 11.0. The molecular formula is C9H11N3O4. The van der Waals surface area contributed by atoms with Crippen LogP contribution in [0, 0.1) is 10.1 Å². The average molecular weight is 225 g/mol. The highest BCUT2D eigenvalue weighted by atomic mass is 16.6. The minimum Gasteiger partial charge on any atom is -0.494 e. The van der Waals surface area contributed by atoms with Gasteiger partial charge < -0.3 is 15.8 Å². The molecule has 16 heavy (non-hydrogen) atoms. The summed E-state index contributed by atoms with van der Waals surface area (Å²) in [4.78, 5) is 21.0. The van der Waals surface area contributed by atoms with Crippen molar-refractivity contribution in [1.29, 1.82) is 0 Å². The van der Waals surface area contributed by atoms with Crippen LogP contribution in [0.1, 0.15) is 0 Å². The number of methoxy groups -OCH3 is 1. The largest absolute Gasteiger partial charge is 0.494 e. The number of carbonyl (C=O) groups is 1. The first-order valence-corrected chi connectivity index (χ1v) is 4.41. The monoisotopic (exact) mass is 225 g/mol. The van der Waals surface area contributed by atoms with E-state index in [1.807, 2.05) is 0 Å². The van der Waals surface area contributed by atoms with E-state index in [4.69, 9.17) is 10.5 Å². The Bertz CT molecular complexity index is 419. The molecule has 1 aromatic carbocycles. The number of benzene rings is 1. The zero-order chi connectivity index (χ0) is 12.1. The van der Waals surface area contributed by atoms with Gasteiger partial charge in [-0.05, 0) is 6.07 Å². The predicted octanol–water partition coefficient (Wildman–Crippen LogP) is 0.501. The standard InChI is InChI=1S/C9H11N3O4/c1-16-8-4-6(12(14)15)2-3-7(8)11-9(13)5-10/h2-4H,5,10H2,1H3,(H,11,13). The SMILES string of the molecule is COc1cc([N+](=O)[O-])ccc1NC(=O)CN. The van der Waals surface area contributed by atoms with E-state index < -0.39 is 10.8 Å². The van der Waals surface area contributed by atoms with Crippen molar-refractivity contribution < 1.29 is 14.5 Å². The second-order valence-electron chi connectivity index (χ2n) is 2.89. The molecule has 0 atom stereocenters. The van der Waals surface area contributed by atoms with Crippen LogP contribution in [0.15, 0.2) is 18.2 Å². The van der Waals surface area contributed by atoms with Crippen molar-refractivity contribution in [2.24, 2.45) is 5.73 Å². The molecule has 0 bridgehead atoms. The van der Waals surface area contributed by atoms with Gasteiger partial charge in [0.2, 0.25) is 5.91 Å². The number of non-ortho nitro benzene ring substituents is 1. The lowest BCUT2D eigenvalue weighted by Crippen LogP contribution is -2.22. The smallest absolute Gasteiger partial charge is 0.273 e. The lowest BCUT2D eigenvalue weighted by atomic mass is 10.2. The summed E-state index contributed by atoms with van der Waals surface area (Å²) >= 11 is 0. The third kappa shape index (κ3) is 2.67. The highest BCUT2D eigenvalue weighted by molar-refractivity contribution is 5.93. The Morgan fingerprint density at radius 1 is 1.62 bits per heavy atom. The summed E-state index contributed by atoms with van der Waals surface area (Å²) in [7, 11) is 1.36. The van der Waals surface area contributed by atoms with Gasteiger partial charge in [0.25, 0.3) is 5.69 Å². The van der Waals surface area contributed by atoms with Crippen molar-refractivity contribution in [3.8, 4) is 5.75 Å². The number of amides is 1. The maximum atomic E-state index is 11.0. The molecule has 7 nitrogen and oxygen atoms in total. The van der Waals surface area contributed by atoms with Crippen LogP contribution in [-0.2, 0) is 4.79 Å². The molecule has 0 aliphatic carbocycles. The first kappa shape index (κ1) is 11.9. The Kier molecular flexibility index (Phi) is 3.78. The van der Waals surface area contributed by atoms with Gasteiger partial charge >= 0.3 is 0 Å². The van der Waals surface area contributed by atoms with E-state index in [1.54, 1.807) is 0 Å². The number of nitro groups is 1. The second-order valence-corrected chi connectivity index (χ2v) is 2.89. The number of nitrogens with two attached hydrogens (primary N) is 1. The first-order chi connectivity index (χ1) is 7.58. The zero-order valence-corrected chi connectivity index (χ0v) is 8.60. The normalized spacial score (nSPS) is 9.62. The molecule has 0 aliphatic rings. The van der Waals surface area contributed by atoms with Crippen molar-refractivity contribution in [1.82, 2.24) is 0 Å². The number of anilines is 1. The summed E-state index contributed by atoms with van der Waals surface area (Å²) in [6.45, 7) is -0.167. The minimum absolute atomic E-state index is 0.109. The number of hydrogen-bond donors (Lipinski definition) is 2. The van der Waals surface area contributed by atoms with Crippen molar-refractivity contribution >= 4 is 17.3 Å². The number of hydrogen-bond acceptors (Lipinski definition) is 5. The molecule has 0 heterocycles. The fraction of sp³-hybridized carbons (Fsp3) is 0.222. The quantitative estimate of drug-likeness (QED) is 0.573. The Morgan fingerprint density at radius 2 is 2.31 bits per heavy atom. The van der Waals surface area contributed by atoms with Crippen LogP contribution in [0.2, 0.25) is 0 Å². The van der Waals surface area contributed by atoms with Gasteiger partial charge in [0.15, 0.2) is 0 Å². The molecule has 0 fully saturated rings. The van der Waals surface area contributed by atoms with Crippen molar-refractivity contribution in [3.63, 3.8) is 0 Å². The summed E-state index contributed by atoms with van der Waals surface area (Å²) in [6.07, 6.45) is 0. The lowest BCUT2D eigenvalue weighted by molar-refractivity contribution is -0.384. The Balaban J connectivity index is 3.02. The van der Waals surface area contributed by atoms with Gasteiger partial charge in [0, 0.05) is 6.07 Å². The minimum atomic E-state index is -0.545. The van der Waals surface area contributed by atoms with E-state index in [9.17, 15) is 14.9 Å². The summed E-state index contributed by atoms with van der Waals surface area (Å²) in [5, 5.41) is 13.0. The van der Waals surface area contributed by atoms with Crippen LogP contribution in [-0.4, -0.2) is 24.5 Å².